The second-order valence-electron chi connectivity index (χ2n) is 4.67. The van der Waals surface area contributed by atoms with E-state index in [-0.39, 0.29) is 22.9 Å². The van der Waals surface area contributed by atoms with E-state index in [0.29, 0.717) is 0 Å². The van der Waals surface area contributed by atoms with Crippen LogP contribution < -0.4 is 11.0 Å². The minimum atomic E-state index is -1.32. The van der Waals surface area contributed by atoms with E-state index in [1.165, 1.54) is 10.9 Å². The number of aliphatic hydroxyl groups excluding tert-OH is 3. The third kappa shape index (κ3) is 2.14. The molecule has 2 aromatic rings. The summed E-state index contributed by atoms with van der Waals surface area (Å²) in [6.07, 6.45) is -3.34. The largest absolute Gasteiger partial charge is 0.394 e. The Labute approximate surface area is 122 Å². The van der Waals surface area contributed by atoms with Gasteiger partial charge in [-0.2, -0.15) is 9.97 Å². The molecule has 12 nitrogen and oxygen atoms in total. The molecule has 2 aromatic heterocycles. The van der Waals surface area contributed by atoms with Crippen LogP contribution in [-0.4, -0.2) is 70.2 Å². The van der Waals surface area contributed by atoms with Gasteiger partial charge in [-0.3, -0.25) is 20.5 Å². The van der Waals surface area contributed by atoms with Crippen molar-refractivity contribution in [1.82, 2.24) is 19.5 Å². The highest BCUT2D eigenvalue weighted by Crippen LogP contribution is 2.32. The van der Waals surface area contributed by atoms with Crippen LogP contribution in [0.1, 0.15) is 6.23 Å². The van der Waals surface area contributed by atoms with Gasteiger partial charge in [0, 0.05) is 0 Å². The number of aliphatic hydroxyl groups is 3. The first-order valence-corrected chi connectivity index (χ1v) is 6.28. The SMILES string of the molecule is OC[C@H]1O[C@@H](n2cnc3c(NO)nc(NO)nc32)[C@H](O)[C@@H]1O. The molecule has 0 amide bonds. The highest BCUT2D eigenvalue weighted by Gasteiger charge is 2.44. The van der Waals surface area contributed by atoms with Crippen LogP contribution in [0.4, 0.5) is 11.8 Å². The van der Waals surface area contributed by atoms with E-state index in [2.05, 4.69) is 15.0 Å². The Bertz CT molecular complexity index is 679. The predicted molar refractivity (Wildman–Crippen MR) is 69.2 cm³/mol. The summed E-state index contributed by atoms with van der Waals surface area (Å²) in [4.78, 5) is 11.7. The average Bonchev–Trinajstić information content (AvgIpc) is 3.08. The van der Waals surface area contributed by atoms with Crippen molar-refractivity contribution in [3.63, 3.8) is 0 Å². The van der Waals surface area contributed by atoms with Gasteiger partial charge in [-0.25, -0.2) is 10.5 Å². The summed E-state index contributed by atoms with van der Waals surface area (Å²) in [7, 11) is 0. The van der Waals surface area contributed by atoms with E-state index in [0.717, 1.165) is 0 Å². The van der Waals surface area contributed by atoms with E-state index < -0.39 is 31.1 Å². The van der Waals surface area contributed by atoms with Gasteiger partial charge >= 0.3 is 0 Å². The Balaban J connectivity index is 2.08. The van der Waals surface area contributed by atoms with Crippen molar-refractivity contribution in [2.75, 3.05) is 17.6 Å². The smallest absolute Gasteiger partial charge is 0.251 e. The standard InChI is InChI=1S/C10H14N6O6/c17-1-3-5(18)6(19)9(22-3)16-2-11-4-7(14-20)12-10(15-21)13-8(4)16/h2-3,5-6,9,17-21H,1H2,(H2,12,13,14,15)/t3-,5-,6-,9-/m1/s1. The summed E-state index contributed by atoms with van der Waals surface area (Å²) in [6.45, 7) is -0.469. The molecular formula is C10H14N6O6. The molecule has 0 aromatic carbocycles. The molecule has 1 aliphatic rings. The molecule has 1 saturated heterocycles. The number of rotatable bonds is 4. The molecule has 0 aliphatic carbocycles. The summed E-state index contributed by atoms with van der Waals surface area (Å²) in [5, 5.41) is 46.9. The molecule has 0 saturated carbocycles. The number of nitrogens with zero attached hydrogens (tertiary/aromatic N) is 4. The fourth-order valence-electron chi connectivity index (χ4n) is 2.34. The molecule has 22 heavy (non-hydrogen) atoms. The minimum Gasteiger partial charge on any atom is -0.394 e. The molecule has 0 unspecified atom stereocenters. The molecule has 1 aliphatic heterocycles. The monoisotopic (exact) mass is 314 g/mol. The van der Waals surface area contributed by atoms with Crippen LogP contribution >= 0.6 is 0 Å². The molecule has 7 N–H and O–H groups in total. The van der Waals surface area contributed by atoms with Gasteiger partial charge in [0.15, 0.2) is 23.2 Å². The maximum atomic E-state index is 10.0. The average molecular weight is 314 g/mol. The molecule has 3 heterocycles. The number of hydrogen-bond acceptors (Lipinski definition) is 11. The van der Waals surface area contributed by atoms with Gasteiger partial charge in [0.25, 0.3) is 5.95 Å². The molecule has 3 rings (SSSR count). The molecule has 1 fully saturated rings. The summed E-state index contributed by atoms with van der Waals surface area (Å²) < 4.78 is 6.68. The van der Waals surface area contributed by atoms with E-state index >= 15 is 0 Å². The summed E-state index contributed by atoms with van der Waals surface area (Å²) in [5.41, 5.74) is 3.83. The van der Waals surface area contributed by atoms with Crippen molar-refractivity contribution in [1.29, 1.82) is 0 Å². The Morgan fingerprint density at radius 3 is 2.55 bits per heavy atom. The van der Waals surface area contributed by atoms with Crippen LogP contribution in [-0.2, 0) is 4.74 Å². The summed E-state index contributed by atoms with van der Waals surface area (Å²) in [5.74, 6) is -0.301. The predicted octanol–water partition coefficient (Wildman–Crippen LogP) is -1.96. The molecular weight excluding hydrogens is 300 g/mol. The number of aromatic nitrogens is 4. The van der Waals surface area contributed by atoms with Gasteiger partial charge in [0.2, 0.25) is 0 Å². The number of fused-ring (bicyclic) bond motifs is 1. The normalized spacial score (nSPS) is 28.2. The zero-order chi connectivity index (χ0) is 15.9. The van der Waals surface area contributed by atoms with Crippen molar-refractivity contribution in [2.24, 2.45) is 0 Å². The maximum absolute atomic E-state index is 10.0. The lowest BCUT2D eigenvalue weighted by Crippen LogP contribution is -2.33. The lowest BCUT2D eigenvalue weighted by Gasteiger charge is -2.16. The van der Waals surface area contributed by atoms with E-state index in [4.69, 9.17) is 20.3 Å². The number of ether oxygens (including phenoxy) is 1. The number of hydrogen-bond donors (Lipinski definition) is 7. The van der Waals surface area contributed by atoms with Gasteiger partial charge in [0.1, 0.15) is 18.3 Å². The first-order chi connectivity index (χ1) is 10.6. The maximum Gasteiger partial charge on any atom is 0.251 e. The van der Waals surface area contributed by atoms with E-state index in [1.807, 2.05) is 5.48 Å². The lowest BCUT2D eigenvalue weighted by molar-refractivity contribution is -0.0511. The van der Waals surface area contributed by atoms with Gasteiger partial charge in [0.05, 0.1) is 12.9 Å². The molecule has 0 bridgehead atoms. The van der Waals surface area contributed by atoms with Crippen molar-refractivity contribution < 1.29 is 30.5 Å². The van der Waals surface area contributed by atoms with Crippen LogP contribution in [0.15, 0.2) is 6.33 Å². The van der Waals surface area contributed by atoms with Gasteiger partial charge < -0.3 is 20.1 Å². The number of nitrogens with one attached hydrogen (secondary N) is 2. The fraction of sp³-hybridized carbons (Fsp3) is 0.500. The first-order valence-electron chi connectivity index (χ1n) is 6.28. The van der Waals surface area contributed by atoms with Gasteiger partial charge in [-0.1, -0.05) is 0 Å². The second-order valence-corrected chi connectivity index (χ2v) is 4.67. The van der Waals surface area contributed by atoms with Crippen LogP contribution in [0, 0.1) is 0 Å². The quantitative estimate of drug-likeness (QED) is 0.311. The first kappa shape index (κ1) is 14.8. The van der Waals surface area contributed by atoms with E-state index in [9.17, 15) is 10.2 Å². The Morgan fingerprint density at radius 2 is 1.95 bits per heavy atom. The van der Waals surface area contributed by atoms with Crippen molar-refractivity contribution >= 4 is 22.9 Å². The molecule has 0 spiro atoms. The third-order valence-electron chi connectivity index (χ3n) is 3.42. The van der Waals surface area contributed by atoms with Gasteiger partial charge in [-0.15, -0.1) is 0 Å². The van der Waals surface area contributed by atoms with Crippen LogP contribution in [0.2, 0.25) is 0 Å². The molecule has 120 valence electrons. The molecule has 0 radical (unpaired) electrons. The lowest BCUT2D eigenvalue weighted by atomic mass is 10.1. The minimum absolute atomic E-state index is 0.0768. The third-order valence-corrected chi connectivity index (χ3v) is 3.42. The van der Waals surface area contributed by atoms with Crippen LogP contribution in [0.3, 0.4) is 0 Å². The van der Waals surface area contributed by atoms with Crippen molar-refractivity contribution in [2.45, 2.75) is 24.5 Å². The molecule has 12 heteroatoms. The fourth-order valence-corrected chi connectivity index (χ4v) is 2.34. The highest BCUT2D eigenvalue weighted by atomic mass is 16.6. The zero-order valence-corrected chi connectivity index (χ0v) is 11.0. The highest BCUT2D eigenvalue weighted by molar-refractivity contribution is 5.83. The molecule has 4 atom stereocenters. The zero-order valence-electron chi connectivity index (χ0n) is 11.0. The number of imidazole rings is 1. The number of anilines is 2. The van der Waals surface area contributed by atoms with E-state index in [1.54, 1.807) is 5.48 Å². The Hall–Kier alpha value is -2.09. The van der Waals surface area contributed by atoms with Gasteiger partial charge in [-0.05, 0) is 0 Å². The van der Waals surface area contributed by atoms with Crippen molar-refractivity contribution in [3.8, 4) is 0 Å². The Kier molecular flexibility index (Phi) is 3.78. The van der Waals surface area contributed by atoms with Crippen LogP contribution in [0.25, 0.3) is 11.2 Å². The topological polar surface area (TPSA) is 178 Å². The summed E-state index contributed by atoms with van der Waals surface area (Å²) in [6, 6.07) is 0. The summed E-state index contributed by atoms with van der Waals surface area (Å²) >= 11 is 0. The Morgan fingerprint density at radius 1 is 1.18 bits per heavy atom. The van der Waals surface area contributed by atoms with Crippen molar-refractivity contribution in [3.05, 3.63) is 6.33 Å². The van der Waals surface area contributed by atoms with Crippen LogP contribution in [0.5, 0.6) is 0 Å². The second kappa shape index (κ2) is 5.60.